The van der Waals surface area contributed by atoms with Crippen molar-refractivity contribution in [3.05, 3.63) is 53.0 Å². The fraction of sp³-hybridized carbons (Fsp3) is 0.552. The predicted molar refractivity (Wildman–Crippen MR) is 173 cm³/mol. The van der Waals surface area contributed by atoms with Crippen molar-refractivity contribution in [3.63, 3.8) is 0 Å². The third kappa shape index (κ3) is 7.62. The van der Waals surface area contributed by atoms with E-state index in [9.17, 15) is 9.59 Å². The van der Waals surface area contributed by atoms with E-state index in [1.807, 2.05) is 47.6 Å². The van der Waals surface area contributed by atoms with Crippen molar-refractivity contribution in [1.82, 2.24) is 4.90 Å². The average Bonchev–Trinajstić information content (AvgIpc) is 2.64. The molecule has 0 saturated heterocycles. The molecule has 5 nitrogen and oxygen atoms in total. The first kappa shape index (κ1) is 32.8. The first-order valence-corrected chi connectivity index (χ1v) is 24.1. The maximum Gasteiger partial charge on any atom is 0.339 e. The van der Waals surface area contributed by atoms with Gasteiger partial charge in [0.2, 0.25) is 0 Å². The summed E-state index contributed by atoms with van der Waals surface area (Å²) in [4.78, 5) is 29.8. The quantitative estimate of drug-likeness (QED) is 0.141. The molecule has 38 heavy (non-hydrogen) atoms. The first-order chi connectivity index (χ1) is 17.0. The van der Waals surface area contributed by atoms with Crippen LogP contribution in [0.1, 0.15) is 41.5 Å². The molecule has 0 aliphatic carbocycles. The highest BCUT2D eigenvalue weighted by Crippen LogP contribution is 2.93. The van der Waals surface area contributed by atoms with Crippen molar-refractivity contribution in [1.29, 1.82) is 0 Å². The van der Waals surface area contributed by atoms with Crippen LogP contribution in [0.5, 0.6) is 0 Å². The lowest BCUT2D eigenvalue weighted by Gasteiger charge is -2.52. The normalized spacial score (nSPS) is 20.7. The zero-order valence-electron chi connectivity index (χ0n) is 26.0. The molecule has 0 spiro atoms. The van der Waals surface area contributed by atoms with E-state index in [1.54, 1.807) is 4.54 Å². The standard InChI is InChI=1S/C29H49NO4P2Si2/c1-28(2,3)33-25(31)20-23(26(32)34-29(4,5)6)36(27(37(9,10)11)38(12,13)14)21-24(30(7)8)35(36)22-18-16-15-17-19-22/h15-21H,1-14H3/b23-20+. The van der Waals surface area contributed by atoms with E-state index >= 15 is 0 Å². The molecule has 2 unspecified atom stereocenters. The van der Waals surface area contributed by atoms with E-state index in [1.165, 1.54) is 16.8 Å². The summed E-state index contributed by atoms with van der Waals surface area (Å²) >= 11 is 0. The van der Waals surface area contributed by atoms with Crippen LogP contribution in [-0.2, 0) is 19.1 Å². The zero-order valence-corrected chi connectivity index (χ0v) is 29.8. The van der Waals surface area contributed by atoms with Crippen LogP contribution in [0.2, 0.25) is 39.3 Å². The Hall–Kier alpha value is -1.40. The van der Waals surface area contributed by atoms with Gasteiger partial charge in [0.05, 0.1) is 21.5 Å². The summed E-state index contributed by atoms with van der Waals surface area (Å²) in [6, 6.07) is 10.5. The smallest absolute Gasteiger partial charge is 0.339 e. The van der Waals surface area contributed by atoms with Crippen LogP contribution in [0.3, 0.4) is 0 Å². The average molecular weight is 594 g/mol. The highest BCUT2D eigenvalue weighted by molar-refractivity contribution is 8.49. The molecule has 1 aromatic rings. The Bertz CT molecular complexity index is 1160. The SMILES string of the molecule is CN(C)C1=CP(=C([Si](C)(C)C)[Si](C)(C)C)(/C(=C/C(=O)OC(C)(C)C)C(=O)OC(C)(C)C)P1c1ccccc1. The zero-order chi connectivity index (χ0) is 29.5. The second-order valence-electron chi connectivity index (χ2n) is 14.1. The number of ether oxygens (including phenoxy) is 2. The molecule has 0 radical (unpaired) electrons. The number of hydrogen-bond donors (Lipinski definition) is 0. The lowest BCUT2D eigenvalue weighted by atomic mass is 10.2. The monoisotopic (exact) mass is 593 g/mol. The molecule has 0 N–H and O–H groups in total. The molecular formula is C29H49NO4P2Si2. The molecule has 1 heterocycles. The van der Waals surface area contributed by atoms with Crippen molar-refractivity contribution >= 4 is 52.1 Å². The molecular weight excluding hydrogens is 544 g/mol. The van der Waals surface area contributed by atoms with Gasteiger partial charge in [-0.1, -0.05) is 74.2 Å². The summed E-state index contributed by atoms with van der Waals surface area (Å²) in [5, 5.41) is 1.75. The molecule has 1 aliphatic rings. The number of esters is 2. The molecule has 0 saturated carbocycles. The Balaban J connectivity index is 3.19. The van der Waals surface area contributed by atoms with Crippen LogP contribution in [0.15, 0.2) is 53.0 Å². The van der Waals surface area contributed by atoms with Gasteiger partial charge in [0.1, 0.15) is 11.2 Å². The summed E-state index contributed by atoms with van der Waals surface area (Å²) in [5.74, 6) is 1.48. The van der Waals surface area contributed by atoms with Gasteiger partial charge >= 0.3 is 11.9 Å². The lowest BCUT2D eigenvalue weighted by Crippen LogP contribution is -2.51. The summed E-state index contributed by atoms with van der Waals surface area (Å²) in [5.41, 5.74) is -0.121. The van der Waals surface area contributed by atoms with Gasteiger partial charge in [0, 0.05) is 33.2 Å². The number of benzene rings is 1. The van der Waals surface area contributed by atoms with Gasteiger partial charge in [-0.25, -0.2) is 9.59 Å². The van der Waals surface area contributed by atoms with Crippen molar-refractivity contribution in [2.24, 2.45) is 0 Å². The Morgan fingerprint density at radius 1 is 0.842 bits per heavy atom. The summed E-state index contributed by atoms with van der Waals surface area (Å²) in [6.07, 6.45) is 1.49. The van der Waals surface area contributed by atoms with E-state index in [2.05, 4.69) is 88.4 Å². The van der Waals surface area contributed by atoms with E-state index in [0.29, 0.717) is 5.31 Å². The van der Waals surface area contributed by atoms with Crippen LogP contribution in [0.4, 0.5) is 0 Å². The minimum Gasteiger partial charge on any atom is -0.457 e. The summed E-state index contributed by atoms with van der Waals surface area (Å²) < 4.78 is 13.4. The maximum absolute atomic E-state index is 14.2. The molecule has 0 aromatic heterocycles. The first-order valence-electron chi connectivity index (χ1n) is 13.2. The third-order valence-corrected chi connectivity index (χ3v) is 30.0. The molecule has 9 heteroatoms. The second kappa shape index (κ2) is 11.2. The van der Waals surface area contributed by atoms with Crippen LogP contribution < -0.4 is 5.30 Å². The Labute approximate surface area is 234 Å². The molecule has 1 aromatic carbocycles. The van der Waals surface area contributed by atoms with Crippen LogP contribution in [-0.4, -0.2) is 62.8 Å². The van der Waals surface area contributed by atoms with Crippen molar-refractivity contribution in [3.8, 4) is 0 Å². The highest BCUT2D eigenvalue weighted by Gasteiger charge is 2.53. The molecule has 1 aliphatic heterocycles. The van der Waals surface area contributed by atoms with Gasteiger partial charge in [0.25, 0.3) is 0 Å². The van der Waals surface area contributed by atoms with Crippen molar-refractivity contribution in [2.75, 3.05) is 14.1 Å². The van der Waals surface area contributed by atoms with E-state index in [-0.39, 0.29) is 0 Å². The van der Waals surface area contributed by atoms with Crippen molar-refractivity contribution < 1.29 is 19.1 Å². The van der Waals surface area contributed by atoms with Crippen molar-refractivity contribution in [2.45, 2.75) is 92.0 Å². The minimum atomic E-state index is -2.45. The van der Waals surface area contributed by atoms with Gasteiger partial charge < -0.3 is 14.4 Å². The summed E-state index contributed by atoms with van der Waals surface area (Å²) in [6.45, 7) is 23.1. The fourth-order valence-electron chi connectivity index (χ4n) is 5.25. The van der Waals surface area contributed by atoms with Gasteiger partial charge in [-0.2, -0.15) is 0 Å². The van der Waals surface area contributed by atoms with Crippen LogP contribution in [0, 0.1) is 0 Å². The molecule has 2 rings (SSSR count). The largest absolute Gasteiger partial charge is 0.457 e. The Morgan fingerprint density at radius 3 is 1.71 bits per heavy atom. The van der Waals surface area contributed by atoms with E-state index in [4.69, 9.17) is 9.47 Å². The van der Waals surface area contributed by atoms with E-state index < -0.39 is 53.5 Å². The van der Waals surface area contributed by atoms with Gasteiger partial charge in [-0.05, 0) is 59.2 Å². The molecule has 0 fully saturated rings. The Morgan fingerprint density at radius 2 is 1.32 bits per heavy atom. The maximum atomic E-state index is 14.2. The lowest BCUT2D eigenvalue weighted by molar-refractivity contribution is -0.152. The predicted octanol–water partition coefficient (Wildman–Crippen LogP) is 7.60. The van der Waals surface area contributed by atoms with Crippen LogP contribution >= 0.6 is 14.2 Å². The number of rotatable bonds is 7. The number of hydrogen-bond acceptors (Lipinski definition) is 5. The molecule has 2 atom stereocenters. The topological polar surface area (TPSA) is 55.8 Å². The molecule has 0 amide bonds. The minimum absolute atomic E-state index is 0.400. The number of carbonyl (C=O) groups is 2. The van der Waals surface area contributed by atoms with Gasteiger partial charge in [0.15, 0.2) is 0 Å². The number of carbonyl (C=O) groups excluding carboxylic acids is 2. The molecule has 0 bridgehead atoms. The van der Waals surface area contributed by atoms with E-state index in [0.717, 1.165) is 0 Å². The summed E-state index contributed by atoms with van der Waals surface area (Å²) in [7, 11) is -0.688. The second-order valence-corrected chi connectivity index (χ2v) is 32.7. The van der Waals surface area contributed by atoms with Crippen LogP contribution in [0.25, 0.3) is 0 Å². The van der Waals surface area contributed by atoms with Gasteiger partial charge in [-0.15, -0.1) is 0 Å². The number of nitrogens with zero attached hydrogens (tertiary/aromatic N) is 1. The Kier molecular flexibility index (Phi) is 9.70. The third-order valence-electron chi connectivity index (χ3n) is 5.69. The fourth-order valence-corrected chi connectivity index (χ4v) is 40.4. The molecule has 212 valence electrons. The highest BCUT2D eigenvalue weighted by atomic mass is 32.1. The van der Waals surface area contributed by atoms with Gasteiger partial charge in [-0.3, -0.25) is 0 Å².